The number of rotatable bonds is 4. The van der Waals surface area contributed by atoms with E-state index in [9.17, 15) is 4.79 Å². The van der Waals surface area contributed by atoms with E-state index in [2.05, 4.69) is 15.3 Å². The highest BCUT2D eigenvalue weighted by molar-refractivity contribution is 5.99. The normalized spacial score (nSPS) is 17.5. The molecule has 4 rings (SSSR count). The number of imidazole rings is 2. The molecule has 0 spiro atoms. The summed E-state index contributed by atoms with van der Waals surface area (Å²) in [6.45, 7) is 1.29. The number of hydrogen-bond donors (Lipinski definition) is 1. The molecule has 1 aliphatic heterocycles. The lowest BCUT2D eigenvalue weighted by Crippen LogP contribution is -2.32. The number of amides is 1. The number of hydrogen-bond acceptors (Lipinski definition) is 4. The highest BCUT2D eigenvalue weighted by Crippen LogP contribution is 2.21. The lowest BCUT2D eigenvalue weighted by Gasteiger charge is -2.09. The fourth-order valence-electron chi connectivity index (χ4n) is 3.01. The van der Waals surface area contributed by atoms with Crippen molar-refractivity contribution in [3.63, 3.8) is 0 Å². The van der Waals surface area contributed by atoms with Crippen LogP contribution in [0.3, 0.4) is 0 Å². The van der Waals surface area contributed by atoms with Gasteiger partial charge in [-0.25, -0.2) is 9.97 Å². The molecule has 4 heterocycles. The largest absolute Gasteiger partial charge is 0.376 e. The number of aromatic nitrogens is 4. The molecule has 0 aliphatic carbocycles. The highest BCUT2D eigenvalue weighted by Gasteiger charge is 2.21. The van der Waals surface area contributed by atoms with Crippen molar-refractivity contribution < 1.29 is 9.53 Å². The SMILES string of the molecule is Cn1cnc(-c2nc(C(=O)NC[C@@H]3CCCO3)c3ccccn23)c1. The average molecular weight is 325 g/mol. The highest BCUT2D eigenvalue weighted by atomic mass is 16.5. The summed E-state index contributed by atoms with van der Waals surface area (Å²) in [6, 6.07) is 5.70. The molecule has 1 aliphatic rings. The van der Waals surface area contributed by atoms with E-state index >= 15 is 0 Å². The first-order valence-corrected chi connectivity index (χ1v) is 8.07. The van der Waals surface area contributed by atoms with Crippen LogP contribution < -0.4 is 5.32 Å². The van der Waals surface area contributed by atoms with Crippen LogP contribution in [0.4, 0.5) is 0 Å². The second-order valence-corrected chi connectivity index (χ2v) is 6.01. The number of carbonyl (C=O) groups is 1. The summed E-state index contributed by atoms with van der Waals surface area (Å²) in [7, 11) is 1.90. The Bertz CT molecular complexity index is 876. The van der Waals surface area contributed by atoms with Gasteiger partial charge in [-0.2, -0.15) is 0 Å². The summed E-state index contributed by atoms with van der Waals surface area (Å²) in [6.07, 6.45) is 7.65. The molecular formula is C17H19N5O2. The molecule has 3 aromatic heterocycles. The van der Waals surface area contributed by atoms with Crippen LogP contribution in [0.1, 0.15) is 23.3 Å². The number of aryl methyl sites for hydroxylation is 1. The van der Waals surface area contributed by atoms with E-state index < -0.39 is 0 Å². The Kier molecular flexibility index (Phi) is 3.78. The molecule has 3 aromatic rings. The quantitative estimate of drug-likeness (QED) is 0.791. The molecule has 0 radical (unpaired) electrons. The maximum atomic E-state index is 12.6. The van der Waals surface area contributed by atoms with E-state index in [-0.39, 0.29) is 12.0 Å². The molecule has 0 bridgehead atoms. The van der Waals surface area contributed by atoms with Gasteiger partial charge in [0, 0.05) is 32.6 Å². The number of ether oxygens (including phenoxy) is 1. The maximum absolute atomic E-state index is 12.6. The molecule has 1 N–H and O–H groups in total. The third-order valence-electron chi connectivity index (χ3n) is 4.21. The van der Waals surface area contributed by atoms with Crippen LogP contribution in [-0.4, -0.2) is 44.1 Å². The molecule has 0 unspecified atom stereocenters. The van der Waals surface area contributed by atoms with Crippen molar-refractivity contribution in [3.05, 3.63) is 42.6 Å². The Morgan fingerprint density at radius 1 is 1.46 bits per heavy atom. The zero-order valence-electron chi connectivity index (χ0n) is 13.5. The predicted octanol–water partition coefficient (Wildman–Crippen LogP) is 1.64. The van der Waals surface area contributed by atoms with Crippen LogP contribution in [0.15, 0.2) is 36.9 Å². The van der Waals surface area contributed by atoms with Gasteiger partial charge in [-0.15, -0.1) is 0 Å². The molecule has 0 aromatic carbocycles. The Hall–Kier alpha value is -2.67. The Labute approximate surface area is 139 Å². The van der Waals surface area contributed by atoms with Crippen molar-refractivity contribution in [3.8, 4) is 11.5 Å². The van der Waals surface area contributed by atoms with Gasteiger partial charge in [0.1, 0.15) is 5.69 Å². The smallest absolute Gasteiger partial charge is 0.272 e. The van der Waals surface area contributed by atoms with Crippen molar-refractivity contribution in [1.29, 1.82) is 0 Å². The van der Waals surface area contributed by atoms with E-state index in [1.807, 2.05) is 46.6 Å². The summed E-state index contributed by atoms with van der Waals surface area (Å²) in [5, 5.41) is 2.94. The number of nitrogens with one attached hydrogen (secondary N) is 1. The zero-order chi connectivity index (χ0) is 16.5. The van der Waals surface area contributed by atoms with Gasteiger partial charge < -0.3 is 14.6 Å². The number of fused-ring (bicyclic) bond motifs is 1. The zero-order valence-corrected chi connectivity index (χ0v) is 13.5. The van der Waals surface area contributed by atoms with Crippen LogP contribution >= 0.6 is 0 Å². The van der Waals surface area contributed by atoms with Crippen molar-refractivity contribution in [1.82, 2.24) is 24.3 Å². The van der Waals surface area contributed by atoms with Crippen molar-refractivity contribution in [2.24, 2.45) is 7.05 Å². The van der Waals surface area contributed by atoms with Crippen LogP contribution in [0.5, 0.6) is 0 Å². The van der Waals surface area contributed by atoms with Gasteiger partial charge in [0.25, 0.3) is 5.91 Å². The summed E-state index contributed by atoms with van der Waals surface area (Å²) in [5.74, 6) is 0.477. The van der Waals surface area contributed by atoms with Crippen molar-refractivity contribution in [2.75, 3.05) is 13.2 Å². The molecule has 1 saturated heterocycles. The van der Waals surface area contributed by atoms with Crippen LogP contribution in [0, 0.1) is 0 Å². The molecule has 0 saturated carbocycles. The minimum Gasteiger partial charge on any atom is -0.376 e. The van der Waals surface area contributed by atoms with E-state index in [0.717, 1.165) is 30.7 Å². The second kappa shape index (κ2) is 6.09. The molecular weight excluding hydrogens is 306 g/mol. The summed E-state index contributed by atoms with van der Waals surface area (Å²) < 4.78 is 9.30. The molecule has 1 atom stereocenters. The van der Waals surface area contributed by atoms with Gasteiger partial charge in [-0.05, 0) is 25.0 Å². The van der Waals surface area contributed by atoms with Gasteiger partial charge in [0.05, 0.1) is 17.9 Å². The van der Waals surface area contributed by atoms with Crippen LogP contribution in [-0.2, 0) is 11.8 Å². The van der Waals surface area contributed by atoms with E-state index in [1.54, 1.807) is 6.33 Å². The Morgan fingerprint density at radius 3 is 3.12 bits per heavy atom. The molecule has 24 heavy (non-hydrogen) atoms. The summed E-state index contributed by atoms with van der Waals surface area (Å²) >= 11 is 0. The predicted molar refractivity (Wildman–Crippen MR) is 88.7 cm³/mol. The summed E-state index contributed by atoms with van der Waals surface area (Å²) in [5.41, 5.74) is 1.91. The fraction of sp³-hybridized carbons (Fsp3) is 0.353. The Morgan fingerprint density at radius 2 is 2.38 bits per heavy atom. The molecule has 7 heteroatoms. The molecule has 1 fully saturated rings. The standard InChI is InChI=1S/C17H19N5O2/c1-21-10-13(19-11-21)16-20-15(14-6-2-3-7-22(14)16)17(23)18-9-12-5-4-8-24-12/h2-3,6-7,10-12H,4-5,8-9H2,1H3,(H,18,23)/t12-/m0/s1. The second-order valence-electron chi connectivity index (χ2n) is 6.01. The number of pyridine rings is 1. The average Bonchev–Trinajstić information content (AvgIpc) is 3.32. The first kappa shape index (κ1) is 14.9. The first-order valence-electron chi connectivity index (χ1n) is 8.07. The van der Waals surface area contributed by atoms with Crippen LogP contribution in [0.25, 0.3) is 17.0 Å². The molecule has 1 amide bonds. The van der Waals surface area contributed by atoms with Gasteiger partial charge in [0.15, 0.2) is 11.5 Å². The number of carbonyl (C=O) groups excluding carboxylic acids is 1. The molecule has 124 valence electrons. The van der Waals surface area contributed by atoms with E-state index in [4.69, 9.17) is 4.74 Å². The maximum Gasteiger partial charge on any atom is 0.272 e. The summed E-state index contributed by atoms with van der Waals surface area (Å²) in [4.78, 5) is 21.5. The third kappa shape index (κ3) is 2.67. The Balaban J connectivity index is 1.66. The monoisotopic (exact) mass is 325 g/mol. The van der Waals surface area contributed by atoms with E-state index in [0.29, 0.717) is 18.1 Å². The number of nitrogens with zero attached hydrogens (tertiary/aromatic N) is 4. The first-order chi connectivity index (χ1) is 11.7. The lowest BCUT2D eigenvalue weighted by atomic mass is 10.2. The van der Waals surface area contributed by atoms with Gasteiger partial charge in [-0.1, -0.05) is 6.07 Å². The van der Waals surface area contributed by atoms with Crippen molar-refractivity contribution >= 4 is 11.4 Å². The fourth-order valence-corrected chi connectivity index (χ4v) is 3.01. The minimum absolute atomic E-state index is 0.109. The lowest BCUT2D eigenvalue weighted by molar-refractivity contribution is 0.0855. The van der Waals surface area contributed by atoms with Crippen molar-refractivity contribution in [2.45, 2.75) is 18.9 Å². The van der Waals surface area contributed by atoms with E-state index in [1.165, 1.54) is 0 Å². The topological polar surface area (TPSA) is 73.5 Å². The molecule has 7 nitrogen and oxygen atoms in total. The minimum atomic E-state index is -0.184. The van der Waals surface area contributed by atoms with Crippen LogP contribution in [0.2, 0.25) is 0 Å². The van der Waals surface area contributed by atoms with Gasteiger partial charge >= 0.3 is 0 Å². The third-order valence-corrected chi connectivity index (χ3v) is 4.21. The van der Waals surface area contributed by atoms with Gasteiger partial charge in [0.2, 0.25) is 0 Å². The van der Waals surface area contributed by atoms with Gasteiger partial charge in [-0.3, -0.25) is 9.20 Å².